The van der Waals surface area contributed by atoms with Gasteiger partial charge in [0, 0.05) is 19.2 Å². The molecule has 2 aromatic rings. The monoisotopic (exact) mass is 531 g/mol. The fourth-order valence-corrected chi connectivity index (χ4v) is 6.58. The van der Waals surface area contributed by atoms with Gasteiger partial charge in [-0.15, -0.1) is 0 Å². The first-order valence-corrected chi connectivity index (χ1v) is 14.1. The quantitative estimate of drug-likeness (QED) is 0.561. The normalized spacial score (nSPS) is 15.9. The molecule has 192 valence electrons. The maximum absolute atomic E-state index is 13.8. The number of hydrogen-bond acceptors (Lipinski definition) is 6. The molecule has 0 aliphatic carbocycles. The largest absolute Gasteiger partial charge is 0.495 e. The lowest BCUT2D eigenvalue weighted by atomic mass is 10.2. The first kappa shape index (κ1) is 26.8. The SMILES string of the molecule is COc1ccc(S(=O)(=O)N2CCCCC2)cc1NC(=O)C(C)N(c1ccc(F)c(F)c1)S(C)(=O)=O. The molecule has 0 radical (unpaired) electrons. The molecule has 1 heterocycles. The number of methoxy groups -OCH3 is 1. The lowest BCUT2D eigenvalue weighted by Gasteiger charge is -2.28. The van der Waals surface area contributed by atoms with E-state index in [1.165, 1.54) is 36.5 Å². The maximum Gasteiger partial charge on any atom is 0.248 e. The number of hydrogen-bond donors (Lipinski definition) is 1. The van der Waals surface area contributed by atoms with Gasteiger partial charge >= 0.3 is 0 Å². The molecule has 1 aliphatic rings. The number of piperidine rings is 1. The van der Waals surface area contributed by atoms with E-state index in [9.17, 15) is 30.4 Å². The van der Waals surface area contributed by atoms with Crippen molar-refractivity contribution < 1.29 is 35.1 Å². The Labute approximate surface area is 203 Å². The standard InChI is InChI=1S/C22H27F2N3O6S2/c1-15(27(34(3,29)30)16-7-9-18(23)19(24)13-16)22(28)25-20-14-17(8-10-21(20)33-2)35(31,32)26-11-5-4-6-12-26/h7-10,13-15H,4-6,11-12H2,1-3H3,(H,25,28). The number of amides is 1. The highest BCUT2D eigenvalue weighted by atomic mass is 32.2. The van der Waals surface area contributed by atoms with E-state index in [0.717, 1.165) is 37.7 Å². The zero-order valence-corrected chi connectivity index (χ0v) is 21.1. The predicted octanol–water partition coefficient (Wildman–Crippen LogP) is 2.94. The number of carbonyl (C=O) groups excluding carboxylic acids is 1. The number of nitrogens with zero attached hydrogens (tertiary/aromatic N) is 2. The number of nitrogens with one attached hydrogen (secondary N) is 1. The van der Waals surface area contributed by atoms with Crippen molar-refractivity contribution in [2.45, 2.75) is 37.1 Å². The van der Waals surface area contributed by atoms with Gasteiger partial charge in [-0.05, 0) is 50.1 Å². The minimum Gasteiger partial charge on any atom is -0.495 e. The molecule has 9 nitrogen and oxygen atoms in total. The van der Waals surface area contributed by atoms with Crippen LogP contribution in [0.3, 0.4) is 0 Å². The molecule has 1 unspecified atom stereocenters. The molecule has 1 aliphatic heterocycles. The molecule has 1 fully saturated rings. The van der Waals surface area contributed by atoms with E-state index < -0.39 is 43.6 Å². The molecule has 1 atom stereocenters. The van der Waals surface area contributed by atoms with Gasteiger partial charge in [0.15, 0.2) is 11.6 Å². The molecule has 13 heteroatoms. The third-order valence-electron chi connectivity index (χ3n) is 5.63. The predicted molar refractivity (Wildman–Crippen MR) is 127 cm³/mol. The van der Waals surface area contributed by atoms with Crippen LogP contribution in [-0.2, 0) is 24.8 Å². The number of anilines is 2. The fourth-order valence-electron chi connectivity index (χ4n) is 3.87. The molecule has 1 amide bonds. The first-order chi connectivity index (χ1) is 16.4. The second-order valence-electron chi connectivity index (χ2n) is 8.15. The molecule has 35 heavy (non-hydrogen) atoms. The maximum atomic E-state index is 13.8. The van der Waals surface area contributed by atoms with E-state index in [1.54, 1.807) is 0 Å². The van der Waals surface area contributed by atoms with Gasteiger partial charge in [0.1, 0.15) is 11.8 Å². The molecule has 1 N–H and O–H groups in total. The van der Waals surface area contributed by atoms with Crippen LogP contribution < -0.4 is 14.4 Å². The minimum atomic E-state index is -4.10. The Bertz CT molecular complexity index is 1310. The van der Waals surface area contributed by atoms with Gasteiger partial charge in [0.25, 0.3) is 0 Å². The molecule has 2 aromatic carbocycles. The molecular formula is C22H27F2N3O6S2. The summed E-state index contributed by atoms with van der Waals surface area (Å²) < 4.78 is 85.4. The van der Waals surface area contributed by atoms with E-state index in [2.05, 4.69) is 5.32 Å². The third-order valence-corrected chi connectivity index (χ3v) is 8.76. The van der Waals surface area contributed by atoms with Gasteiger partial charge in [0.2, 0.25) is 26.0 Å². The Morgan fingerprint density at radius 2 is 1.69 bits per heavy atom. The number of rotatable bonds is 8. The summed E-state index contributed by atoms with van der Waals surface area (Å²) in [5, 5.41) is 2.50. The Kier molecular flexibility index (Phi) is 8.02. The van der Waals surface area contributed by atoms with Gasteiger partial charge in [0.05, 0.1) is 29.6 Å². The summed E-state index contributed by atoms with van der Waals surface area (Å²) in [6.07, 6.45) is 3.27. The van der Waals surface area contributed by atoms with Gasteiger partial charge < -0.3 is 10.1 Å². The second-order valence-corrected chi connectivity index (χ2v) is 11.9. The third kappa shape index (κ3) is 5.90. The zero-order valence-electron chi connectivity index (χ0n) is 19.5. The van der Waals surface area contributed by atoms with E-state index in [0.29, 0.717) is 23.5 Å². The van der Waals surface area contributed by atoms with Crippen molar-refractivity contribution in [2.24, 2.45) is 0 Å². The average molecular weight is 532 g/mol. The van der Waals surface area contributed by atoms with Crippen molar-refractivity contribution in [1.82, 2.24) is 4.31 Å². The summed E-state index contributed by atoms with van der Waals surface area (Å²) in [5.74, 6) is -3.13. The Morgan fingerprint density at radius 1 is 1.03 bits per heavy atom. The average Bonchev–Trinajstić information content (AvgIpc) is 2.81. The van der Waals surface area contributed by atoms with Gasteiger partial charge in [-0.2, -0.15) is 4.31 Å². The molecule has 0 saturated carbocycles. The van der Waals surface area contributed by atoms with Crippen LogP contribution in [0.1, 0.15) is 26.2 Å². The van der Waals surface area contributed by atoms with Crippen LogP contribution in [0, 0.1) is 11.6 Å². The van der Waals surface area contributed by atoms with Crippen LogP contribution in [0.15, 0.2) is 41.3 Å². The van der Waals surface area contributed by atoms with E-state index in [4.69, 9.17) is 4.74 Å². The zero-order chi connectivity index (χ0) is 26.0. The second kappa shape index (κ2) is 10.5. The van der Waals surface area contributed by atoms with E-state index in [-0.39, 0.29) is 22.0 Å². The lowest BCUT2D eigenvalue weighted by Crippen LogP contribution is -2.45. The Hall–Kier alpha value is -2.77. The van der Waals surface area contributed by atoms with Crippen LogP contribution >= 0.6 is 0 Å². The smallest absolute Gasteiger partial charge is 0.248 e. The number of carbonyl (C=O) groups is 1. The van der Waals surface area contributed by atoms with Crippen LogP contribution in [0.2, 0.25) is 0 Å². The van der Waals surface area contributed by atoms with Crippen LogP contribution in [-0.4, -0.2) is 59.5 Å². The highest BCUT2D eigenvalue weighted by molar-refractivity contribution is 7.92. The number of benzene rings is 2. The molecule has 1 saturated heterocycles. The van der Waals surface area contributed by atoms with E-state index >= 15 is 0 Å². The molecule has 0 spiro atoms. The minimum absolute atomic E-state index is 0.0150. The van der Waals surface area contributed by atoms with Crippen molar-refractivity contribution in [3.05, 3.63) is 48.0 Å². The van der Waals surface area contributed by atoms with Gasteiger partial charge in [-0.1, -0.05) is 6.42 Å². The molecule has 0 bridgehead atoms. The first-order valence-electron chi connectivity index (χ1n) is 10.8. The number of sulfonamides is 2. The lowest BCUT2D eigenvalue weighted by molar-refractivity contribution is -0.116. The number of ether oxygens (including phenoxy) is 1. The summed E-state index contributed by atoms with van der Waals surface area (Å²) in [7, 11) is -6.58. The fraction of sp³-hybridized carbons (Fsp3) is 0.409. The number of halogens is 2. The summed E-state index contributed by atoms with van der Waals surface area (Å²) in [6.45, 7) is 2.05. The van der Waals surface area contributed by atoms with Crippen LogP contribution in [0.25, 0.3) is 0 Å². The highest BCUT2D eigenvalue weighted by Gasteiger charge is 2.31. The van der Waals surface area contributed by atoms with Gasteiger partial charge in [-0.3, -0.25) is 9.10 Å². The highest BCUT2D eigenvalue weighted by Crippen LogP contribution is 2.31. The summed E-state index contributed by atoms with van der Waals surface area (Å²) in [4.78, 5) is 13.0. The summed E-state index contributed by atoms with van der Waals surface area (Å²) in [5.41, 5.74) is -0.233. The summed E-state index contributed by atoms with van der Waals surface area (Å²) >= 11 is 0. The molecular weight excluding hydrogens is 504 g/mol. The van der Waals surface area contributed by atoms with E-state index in [1.807, 2.05) is 0 Å². The Morgan fingerprint density at radius 3 is 2.26 bits per heavy atom. The van der Waals surface area contributed by atoms with Crippen molar-refractivity contribution in [1.29, 1.82) is 0 Å². The molecule has 0 aromatic heterocycles. The van der Waals surface area contributed by atoms with Crippen LogP contribution in [0.4, 0.5) is 20.2 Å². The van der Waals surface area contributed by atoms with Crippen molar-refractivity contribution in [3.63, 3.8) is 0 Å². The van der Waals surface area contributed by atoms with Gasteiger partial charge in [-0.25, -0.2) is 25.6 Å². The Balaban J connectivity index is 1.93. The molecule has 3 rings (SSSR count). The van der Waals surface area contributed by atoms with Crippen molar-refractivity contribution in [2.75, 3.05) is 36.1 Å². The van der Waals surface area contributed by atoms with Crippen molar-refractivity contribution in [3.8, 4) is 5.75 Å². The van der Waals surface area contributed by atoms with Crippen molar-refractivity contribution >= 4 is 37.3 Å². The van der Waals surface area contributed by atoms with Crippen LogP contribution in [0.5, 0.6) is 5.75 Å². The summed E-state index contributed by atoms with van der Waals surface area (Å²) in [6, 6.07) is 5.07. The topological polar surface area (TPSA) is 113 Å².